The molecule has 0 unspecified atom stereocenters. The monoisotopic (exact) mass is 366 g/mol. The zero-order valence-electron chi connectivity index (χ0n) is 15.7. The molecule has 2 N–H and O–H groups in total. The number of nitrogens with two attached hydrogens (primary N) is 1. The number of hydrogen-bond donors (Lipinski definition) is 1. The van der Waals surface area contributed by atoms with E-state index in [2.05, 4.69) is 31.9 Å². The van der Waals surface area contributed by atoms with Crippen molar-refractivity contribution in [3.05, 3.63) is 48.3 Å². The molecule has 2 atom stereocenters. The number of benzene rings is 1. The fourth-order valence-electron chi connectivity index (χ4n) is 3.50. The van der Waals surface area contributed by atoms with Gasteiger partial charge in [0.1, 0.15) is 5.75 Å². The Balaban J connectivity index is 1.30. The van der Waals surface area contributed by atoms with Gasteiger partial charge in [-0.05, 0) is 37.1 Å². The van der Waals surface area contributed by atoms with E-state index in [9.17, 15) is 0 Å². The number of ether oxygens (including phenoxy) is 1. The first-order chi connectivity index (χ1) is 13.2. The molecule has 4 rings (SSSR count). The van der Waals surface area contributed by atoms with Crippen molar-refractivity contribution in [2.75, 3.05) is 37.7 Å². The van der Waals surface area contributed by atoms with E-state index in [-0.39, 0.29) is 0 Å². The summed E-state index contributed by atoms with van der Waals surface area (Å²) in [5, 5.41) is 0. The van der Waals surface area contributed by atoms with E-state index in [1.54, 1.807) is 12.4 Å². The molecular formula is C20H26N6O. The van der Waals surface area contributed by atoms with Gasteiger partial charge in [0.05, 0.1) is 12.6 Å². The van der Waals surface area contributed by atoms with E-state index >= 15 is 0 Å². The summed E-state index contributed by atoms with van der Waals surface area (Å²) in [6, 6.07) is 10.5. The zero-order chi connectivity index (χ0) is 18.6. The second-order valence-electron chi connectivity index (χ2n) is 6.92. The number of guanidine groups is 1. The third-order valence-corrected chi connectivity index (χ3v) is 5.11. The van der Waals surface area contributed by atoms with Crippen molar-refractivity contribution < 1.29 is 4.74 Å². The number of rotatable bonds is 5. The second-order valence-corrected chi connectivity index (χ2v) is 6.92. The second kappa shape index (κ2) is 7.82. The van der Waals surface area contributed by atoms with Crippen LogP contribution < -0.4 is 15.4 Å². The lowest BCUT2D eigenvalue weighted by Crippen LogP contribution is -2.51. The van der Waals surface area contributed by atoms with Crippen molar-refractivity contribution >= 4 is 11.9 Å². The van der Waals surface area contributed by atoms with Crippen LogP contribution in [0.3, 0.4) is 0 Å². The van der Waals surface area contributed by atoms with Crippen LogP contribution in [0.4, 0.5) is 5.95 Å². The Morgan fingerprint density at radius 3 is 2.52 bits per heavy atom. The Labute approximate surface area is 159 Å². The predicted octanol–water partition coefficient (Wildman–Crippen LogP) is 1.87. The number of aromatic nitrogens is 2. The fraction of sp³-hybridized carbons (Fsp3) is 0.450. The molecule has 1 saturated carbocycles. The maximum absolute atomic E-state index is 6.28. The van der Waals surface area contributed by atoms with Gasteiger partial charge < -0.3 is 20.3 Å². The molecule has 0 radical (unpaired) electrons. The number of piperazine rings is 1. The maximum Gasteiger partial charge on any atom is 0.225 e. The zero-order valence-corrected chi connectivity index (χ0v) is 15.7. The molecule has 142 valence electrons. The lowest BCUT2D eigenvalue weighted by Gasteiger charge is -2.35. The third kappa shape index (κ3) is 4.13. The van der Waals surface area contributed by atoms with E-state index in [4.69, 9.17) is 15.5 Å². The molecule has 1 aliphatic heterocycles. The van der Waals surface area contributed by atoms with Crippen LogP contribution in [-0.4, -0.2) is 59.7 Å². The summed E-state index contributed by atoms with van der Waals surface area (Å²) in [4.78, 5) is 17.7. The molecule has 1 saturated heterocycles. The highest BCUT2D eigenvalue weighted by Gasteiger charge is 2.39. The molecule has 2 aromatic rings. The standard InChI is InChI=1S/C20H26N6O/c1-2-27-16-6-4-15(5-7-16)17-14-18(17)24-19(21)25-10-12-26(13-11-25)20-22-8-3-9-23-20/h3-9,17-18H,2,10-14H2,1H3,(H2,21,24)/t17-,18+/m0/s1. The van der Waals surface area contributed by atoms with E-state index in [0.29, 0.717) is 24.5 Å². The lowest BCUT2D eigenvalue weighted by atomic mass is 10.1. The molecule has 2 heterocycles. The molecule has 0 spiro atoms. The Bertz CT molecular complexity index is 771. The minimum absolute atomic E-state index is 0.290. The summed E-state index contributed by atoms with van der Waals surface area (Å²) in [6.45, 7) is 6.08. The van der Waals surface area contributed by atoms with Crippen molar-refractivity contribution in [3.63, 3.8) is 0 Å². The Hall–Kier alpha value is -2.83. The Kier molecular flexibility index (Phi) is 5.09. The van der Waals surface area contributed by atoms with Crippen molar-refractivity contribution in [2.24, 2.45) is 10.7 Å². The van der Waals surface area contributed by atoms with Gasteiger partial charge in [0.15, 0.2) is 5.96 Å². The van der Waals surface area contributed by atoms with Gasteiger partial charge in [-0.15, -0.1) is 0 Å². The highest BCUT2D eigenvalue weighted by molar-refractivity contribution is 5.79. The molecule has 27 heavy (non-hydrogen) atoms. The smallest absolute Gasteiger partial charge is 0.225 e. The number of hydrogen-bond acceptors (Lipinski definition) is 5. The third-order valence-electron chi connectivity index (χ3n) is 5.11. The first kappa shape index (κ1) is 17.6. The van der Waals surface area contributed by atoms with Crippen molar-refractivity contribution in [1.29, 1.82) is 0 Å². The van der Waals surface area contributed by atoms with Gasteiger partial charge in [-0.3, -0.25) is 0 Å². The first-order valence-corrected chi connectivity index (χ1v) is 9.57. The van der Waals surface area contributed by atoms with Gasteiger partial charge in [0.2, 0.25) is 5.95 Å². The van der Waals surface area contributed by atoms with Crippen LogP contribution in [-0.2, 0) is 0 Å². The number of anilines is 1. The summed E-state index contributed by atoms with van der Waals surface area (Å²) in [5.74, 6) is 2.83. The molecule has 1 aliphatic carbocycles. The van der Waals surface area contributed by atoms with E-state index in [0.717, 1.165) is 44.3 Å². The molecule has 0 bridgehead atoms. The molecule has 7 nitrogen and oxygen atoms in total. The molecule has 0 amide bonds. The maximum atomic E-state index is 6.28. The minimum Gasteiger partial charge on any atom is -0.494 e. The van der Waals surface area contributed by atoms with Gasteiger partial charge in [0.25, 0.3) is 0 Å². The number of aliphatic imine (C=N–C) groups is 1. The molecule has 1 aromatic carbocycles. The molecular weight excluding hydrogens is 340 g/mol. The highest BCUT2D eigenvalue weighted by Crippen LogP contribution is 2.43. The topological polar surface area (TPSA) is 79.9 Å². The minimum atomic E-state index is 0.290. The van der Waals surface area contributed by atoms with Crippen molar-refractivity contribution in [3.8, 4) is 5.75 Å². The van der Waals surface area contributed by atoms with Gasteiger partial charge in [-0.1, -0.05) is 12.1 Å². The van der Waals surface area contributed by atoms with Gasteiger partial charge in [-0.25, -0.2) is 15.0 Å². The van der Waals surface area contributed by atoms with E-state index in [1.807, 2.05) is 25.1 Å². The van der Waals surface area contributed by atoms with Crippen LogP contribution in [0.25, 0.3) is 0 Å². The predicted molar refractivity (Wildman–Crippen MR) is 106 cm³/mol. The molecule has 1 aromatic heterocycles. The molecule has 2 aliphatic rings. The summed E-state index contributed by atoms with van der Waals surface area (Å²) >= 11 is 0. The van der Waals surface area contributed by atoms with Crippen LogP contribution in [0, 0.1) is 0 Å². The van der Waals surface area contributed by atoms with Gasteiger partial charge in [-0.2, -0.15) is 0 Å². The van der Waals surface area contributed by atoms with Crippen LogP contribution >= 0.6 is 0 Å². The summed E-state index contributed by atoms with van der Waals surface area (Å²) < 4.78 is 5.51. The van der Waals surface area contributed by atoms with E-state index < -0.39 is 0 Å². The molecule has 7 heteroatoms. The largest absolute Gasteiger partial charge is 0.494 e. The first-order valence-electron chi connectivity index (χ1n) is 9.57. The SMILES string of the molecule is CCOc1ccc([C@@H]2C[C@H]2N=C(N)N2CCN(c3ncccn3)CC2)cc1. The summed E-state index contributed by atoms with van der Waals surface area (Å²) in [6.07, 6.45) is 4.61. The van der Waals surface area contributed by atoms with Crippen LogP contribution in [0.5, 0.6) is 5.75 Å². The summed E-state index contributed by atoms with van der Waals surface area (Å²) in [7, 11) is 0. The Morgan fingerprint density at radius 2 is 1.85 bits per heavy atom. The average Bonchev–Trinajstić information content (AvgIpc) is 3.48. The van der Waals surface area contributed by atoms with Gasteiger partial charge in [0, 0.05) is 44.5 Å². The van der Waals surface area contributed by atoms with Crippen LogP contribution in [0.2, 0.25) is 0 Å². The Morgan fingerprint density at radius 1 is 1.15 bits per heavy atom. The normalized spacial score (nSPS) is 22.6. The quantitative estimate of drug-likeness (QED) is 0.643. The van der Waals surface area contributed by atoms with E-state index in [1.165, 1.54) is 5.56 Å². The number of nitrogens with zero attached hydrogens (tertiary/aromatic N) is 5. The highest BCUT2D eigenvalue weighted by atomic mass is 16.5. The van der Waals surface area contributed by atoms with Crippen molar-refractivity contribution in [2.45, 2.75) is 25.3 Å². The van der Waals surface area contributed by atoms with Crippen LogP contribution in [0.1, 0.15) is 24.8 Å². The average molecular weight is 366 g/mol. The summed E-state index contributed by atoms with van der Waals surface area (Å²) in [5.41, 5.74) is 7.59. The fourth-order valence-corrected chi connectivity index (χ4v) is 3.50. The van der Waals surface area contributed by atoms with Crippen LogP contribution in [0.15, 0.2) is 47.7 Å². The molecule has 2 fully saturated rings. The lowest BCUT2D eigenvalue weighted by molar-refractivity contribution is 0.340. The van der Waals surface area contributed by atoms with Gasteiger partial charge >= 0.3 is 0 Å². The van der Waals surface area contributed by atoms with Crippen molar-refractivity contribution in [1.82, 2.24) is 14.9 Å².